The Hall–Kier alpha value is -2.38. The lowest BCUT2D eigenvalue weighted by Gasteiger charge is -2.28. The Kier molecular flexibility index (Phi) is 10.6. The van der Waals surface area contributed by atoms with Crippen molar-refractivity contribution >= 4 is 18.0 Å². The standard InChI is InChI=1S/C19H32N4O4.C2H6/c1-14-10-11-15(21-20-14)23(17(25)27-19(5,6)7)13-9-12-22(8)16(24)26-18(2,3)4;1-2/h10-11H,9,12-13H2,1-8H3;1-2H3. The summed E-state index contributed by atoms with van der Waals surface area (Å²) in [4.78, 5) is 27.5. The van der Waals surface area contributed by atoms with Gasteiger partial charge < -0.3 is 14.4 Å². The van der Waals surface area contributed by atoms with E-state index in [9.17, 15) is 9.59 Å². The summed E-state index contributed by atoms with van der Waals surface area (Å²) in [6.45, 7) is 17.5. The summed E-state index contributed by atoms with van der Waals surface area (Å²) in [6.07, 6.45) is -0.369. The van der Waals surface area contributed by atoms with Gasteiger partial charge in [0.25, 0.3) is 0 Å². The number of carbonyl (C=O) groups excluding carboxylic acids is 2. The fourth-order valence-electron chi connectivity index (χ4n) is 2.05. The average Bonchev–Trinajstić information content (AvgIpc) is 2.58. The number of aryl methyl sites for hydroxylation is 1. The number of amides is 2. The smallest absolute Gasteiger partial charge is 0.416 e. The largest absolute Gasteiger partial charge is 0.444 e. The first kappa shape index (κ1) is 26.6. The number of carbonyl (C=O) groups is 2. The SMILES string of the molecule is CC.Cc1ccc(N(CCCN(C)C(=O)OC(C)(C)C)C(=O)OC(C)(C)C)nn1. The van der Waals surface area contributed by atoms with Gasteiger partial charge in [0.15, 0.2) is 5.82 Å². The number of hydrogen-bond donors (Lipinski definition) is 0. The monoisotopic (exact) mass is 410 g/mol. The van der Waals surface area contributed by atoms with Gasteiger partial charge in [0.1, 0.15) is 11.2 Å². The highest BCUT2D eigenvalue weighted by Crippen LogP contribution is 2.16. The molecule has 0 aliphatic rings. The Bertz CT molecular complexity index is 634. The molecule has 1 rings (SSSR count). The highest BCUT2D eigenvalue weighted by molar-refractivity contribution is 5.86. The number of nitrogens with zero attached hydrogens (tertiary/aromatic N) is 4. The van der Waals surface area contributed by atoms with E-state index in [0.29, 0.717) is 25.3 Å². The lowest BCUT2D eigenvalue weighted by molar-refractivity contribution is 0.0298. The Balaban J connectivity index is 0.00000379. The highest BCUT2D eigenvalue weighted by atomic mass is 16.6. The van der Waals surface area contributed by atoms with Crippen molar-refractivity contribution in [3.63, 3.8) is 0 Å². The second kappa shape index (κ2) is 11.6. The summed E-state index contributed by atoms with van der Waals surface area (Å²) in [5, 5.41) is 8.09. The molecule has 0 aliphatic carbocycles. The van der Waals surface area contributed by atoms with Gasteiger partial charge in [-0.3, -0.25) is 4.90 Å². The molecule has 8 heteroatoms. The number of aromatic nitrogens is 2. The van der Waals surface area contributed by atoms with Gasteiger partial charge in [-0.25, -0.2) is 9.59 Å². The van der Waals surface area contributed by atoms with Crippen LogP contribution >= 0.6 is 0 Å². The van der Waals surface area contributed by atoms with Crippen molar-refractivity contribution in [2.24, 2.45) is 0 Å². The number of rotatable bonds is 5. The van der Waals surface area contributed by atoms with Crippen LogP contribution in [0.15, 0.2) is 12.1 Å². The predicted octanol–water partition coefficient (Wildman–Crippen LogP) is 4.81. The molecule has 8 nitrogen and oxygen atoms in total. The molecule has 1 aromatic rings. The molecule has 0 atom stereocenters. The second-order valence-electron chi connectivity index (χ2n) is 8.42. The quantitative estimate of drug-likeness (QED) is 0.692. The van der Waals surface area contributed by atoms with E-state index in [-0.39, 0.29) is 0 Å². The Morgan fingerprint density at radius 1 is 0.897 bits per heavy atom. The summed E-state index contributed by atoms with van der Waals surface area (Å²) >= 11 is 0. The minimum Gasteiger partial charge on any atom is -0.444 e. The summed E-state index contributed by atoms with van der Waals surface area (Å²) in [5.41, 5.74) is -0.417. The van der Waals surface area contributed by atoms with Crippen molar-refractivity contribution < 1.29 is 19.1 Å². The lowest BCUT2D eigenvalue weighted by atomic mass is 10.2. The summed E-state index contributed by atoms with van der Waals surface area (Å²) < 4.78 is 10.8. The molecule has 0 spiro atoms. The van der Waals surface area contributed by atoms with Gasteiger partial charge in [-0.15, -0.1) is 5.10 Å². The molecule has 0 N–H and O–H groups in total. The third-order valence-corrected chi connectivity index (χ3v) is 3.25. The van der Waals surface area contributed by atoms with Crippen LogP contribution in [0.3, 0.4) is 0 Å². The topological polar surface area (TPSA) is 84.9 Å². The molecular weight excluding hydrogens is 372 g/mol. The molecule has 0 radical (unpaired) electrons. The third kappa shape index (κ3) is 11.3. The van der Waals surface area contributed by atoms with Crippen LogP contribution in [-0.2, 0) is 9.47 Å². The fourth-order valence-corrected chi connectivity index (χ4v) is 2.05. The zero-order valence-corrected chi connectivity index (χ0v) is 19.7. The van der Waals surface area contributed by atoms with Gasteiger partial charge in [0.05, 0.1) is 5.69 Å². The Labute approximate surface area is 175 Å². The molecule has 0 aromatic carbocycles. The fraction of sp³-hybridized carbons (Fsp3) is 0.714. The Morgan fingerprint density at radius 2 is 1.41 bits per heavy atom. The minimum atomic E-state index is -0.624. The number of hydrogen-bond acceptors (Lipinski definition) is 6. The zero-order valence-electron chi connectivity index (χ0n) is 19.7. The molecule has 0 unspecified atom stereocenters. The van der Waals surface area contributed by atoms with E-state index in [1.54, 1.807) is 40.0 Å². The zero-order chi connectivity index (χ0) is 22.8. The van der Waals surface area contributed by atoms with Crippen LogP contribution in [-0.4, -0.2) is 58.6 Å². The van der Waals surface area contributed by atoms with E-state index in [0.717, 1.165) is 5.69 Å². The molecule has 29 heavy (non-hydrogen) atoms. The van der Waals surface area contributed by atoms with Gasteiger partial charge in [-0.05, 0) is 67.0 Å². The maximum Gasteiger partial charge on any atom is 0.416 e. The van der Waals surface area contributed by atoms with E-state index in [4.69, 9.17) is 9.47 Å². The van der Waals surface area contributed by atoms with Crippen molar-refractivity contribution in [3.05, 3.63) is 17.8 Å². The molecule has 0 aliphatic heterocycles. The van der Waals surface area contributed by atoms with Crippen molar-refractivity contribution in [1.82, 2.24) is 15.1 Å². The minimum absolute atomic E-state index is 0.333. The van der Waals surface area contributed by atoms with E-state index < -0.39 is 23.4 Å². The Morgan fingerprint density at radius 3 is 1.86 bits per heavy atom. The van der Waals surface area contributed by atoms with E-state index in [1.807, 2.05) is 41.5 Å². The maximum atomic E-state index is 12.6. The second-order valence-corrected chi connectivity index (χ2v) is 8.42. The average molecular weight is 411 g/mol. The van der Waals surface area contributed by atoms with E-state index >= 15 is 0 Å². The lowest BCUT2D eigenvalue weighted by Crippen LogP contribution is -2.40. The number of anilines is 1. The molecule has 0 bridgehead atoms. The van der Waals surface area contributed by atoms with Crippen molar-refractivity contribution in [3.8, 4) is 0 Å². The molecule has 0 saturated carbocycles. The molecule has 1 aromatic heterocycles. The number of ether oxygens (including phenoxy) is 2. The summed E-state index contributed by atoms with van der Waals surface area (Å²) in [7, 11) is 1.66. The van der Waals surface area contributed by atoms with Gasteiger partial charge in [-0.2, -0.15) is 5.10 Å². The van der Waals surface area contributed by atoms with Gasteiger partial charge in [0, 0.05) is 20.1 Å². The van der Waals surface area contributed by atoms with E-state index in [2.05, 4.69) is 10.2 Å². The highest BCUT2D eigenvalue weighted by Gasteiger charge is 2.25. The van der Waals surface area contributed by atoms with Crippen LogP contribution in [0.5, 0.6) is 0 Å². The molecule has 166 valence electrons. The van der Waals surface area contributed by atoms with Gasteiger partial charge in [0.2, 0.25) is 0 Å². The van der Waals surface area contributed by atoms with Crippen molar-refractivity contribution in [2.45, 2.75) is 79.9 Å². The molecule has 2 amide bonds. The summed E-state index contributed by atoms with van der Waals surface area (Å²) in [5.74, 6) is 0.412. The predicted molar refractivity (Wildman–Crippen MR) is 115 cm³/mol. The normalized spacial score (nSPS) is 11.1. The molecule has 1 heterocycles. The maximum absolute atomic E-state index is 12.6. The van der Waals surface area contributed by atoms with Gasteiger partial charge in [-0.1, -0.05) is 13.8 Å². The van der Waals surface area contributed by atoms with Crippen LogP contribution in [0, 0.1) is 6.92 Å². The molecule has 0 saturated heterocycles. The molecule has 0 fully saturated rings. The molecular formula is C21H38N4O4. The first-order chi connectivity index (χ1) is 13.3. The first-order valence-electron chi connectivity index (χ1n) is 10.0. The van der Waals surface area contributed by atoms with Crippen LogP contribution in [0.4, 0.5) is 15.4 Å². The van der Waals surface area contributed by atoms with Crippen LogP contribution in [0.1, 0.15) is 67.5 Å². The van der Waals surface area contributed by atoms with Crippen molar-refractivity contribution in [2.75, 3.05) is 25.0 Å². The van der Waals surface area contributed by atoms with Crippen LogP contribution in [0.2, 0.25) is 0 Å². The third-order valence-electron chi connectivity index (χ3n) is 3.25. The van der Waals surface area contributed by atoms with Crippen LogP contribution in [0.25, 0.3) is 0 Å². The van der Waals surface area contributed by atoms with Crippen molar-refractivity contribution in [1.29, 1.82) is 0 Å². The van der Waals surface area contributed by atoms with E-state index in [1.165, 1.54) is 9.80 Å². The van der Waals surface area contributed by atoms with Gasteiger partial charge >= 0.3 is 12.2 Å². The van der Waals surface area contributed by atoms with Crippen LogP contribution < -0.4 is 4.90 Å². The first-order valence-corrected chi connectivity index (χ1v) is 10.0. The summed E-state index contributed by atoms with van der Waals surface area (Å²) in [6, 6.07) is 3.51.